The van der Waals surface area contributed by atoms with E-state index in [0.29, 0.717) is 29.4 Å². The Hall–Kier alpha value is -1.75. The summed E-state index contributed by atoms with van der Waals surface area (Å²) >= 11 is 5.80. The van der Waals surface area contributed by atoms with Crippen LogP contribution in [0.4, 0.5) is 11.4 Å². The van der Waals surface area contributed by atoms with Gasteiger partial charge in [0, 0.05) is 18.7 Å². The molecule has 1 aromatic rings. The Kier molecular flexibility index (Phi) is 4.27. The Bertz CT molecular complexity index is 505. The van der Waals surface area contributed by atoms with Gasteiger partial charge >= 0.3 is 0 Å². The minimum atomic E-state index is -0.225. The molecule has 0 radical (unpaired) electrons. The molecule has 1 saturated heterocycles. The lowest BCUT2D eigenvalue weighted by atomic mass is 10.1. The second kappa shape index (κ2) is 5.93. The first-order valence-electron chi connectivity index (χ1n) is 6.19. The highest BCUT2D eigenvalue weighted by atomic mass is 35.5. The summed E-state index contributed by atoms with van der Waals surface area (Å²) in [7, 11) is 0. The predicted octanol–water partition coefficient (Wildman–Crippen LogP) is 1.87. The number of hydrogen-bond acceptors (Lipinski definition) is 3. The molecule has 2 rings (SSSR count). The summed E-state index contributed by atoms with van der Waals surface area (Å²) in [4.78, 5) is 25.0. The number of carbonyl (C=O) groups is 2. The van der Waals surface area contributed by atoms with Gasteiger partial charge in [0.25, 0.3) is 0 Å². The van der Waals surface area contributed by atoms with Crippen LogP contribution in [0.5, 0.6) is 0 Å². The largest absolute Gasteiger partial charge is 0.397 e. The van der Waals surface area contributed by atoms with Crippen LogP contribution in [0.1, 0.15) is 19.3 Å². The molecule has 1 heterocycles. The molecule has 1 fully saturated rings. The summed E-state index contributed by atoms with van der Waals surface area (Å²) in [5.74, 6) is -0.186. The summed E-state index contributed by atoms with van der Waals surface area (Å²) in [6.45, 7) is 0.733. The maximum atomic E-state index is 11.8. The summed E-state index contributed by atoms with van der Waals surface area (Å²) in [5.41, 5.74) is 6.65. The first-order valence-corrected chi connectivity index (χ1v) is 6.57. The molecular weight excluding hydrogens is 266 g/mol. The van der Waals surface area contributed by atoms with Crippen molar-refractivity contribution in [3.8, 4) is 0 Å². The van der Waals surface area contributed by atoms with Gasteiger partial charge in [-0.3, -0.25) is 9.59 Å². The maximum Gasteiger partial charge on any atom is 0.243 e. The molecule has 6 heteroatoms. The fraction of sp³-hybridized carbons (Fsp3) is 0.385. The van der Waals surface area contributed by atoms with E-state index >= 15 is 0 Å². The molecule has 5 nitrogen and oxygen atoms in total. The number of amides is 2. The zero-order valence-electron chi connectivity index (χ0n) is 10.5. The third-order valence-electron chi connectivity index (χ3n) is 3.04. The molecule has 19 heavy (non-hydrogen) atoms. The van der Waals surface area contributed by atoms with Crippen LogP contribution in [0, 0.1) is 0 Å². The van der Waals surface area contributed by atoms with Crippen molar-refractivity contribution in [2.45, 2.75) is 19.3 Å². The molecule has 0 spiro atoms. The van der Waals surface area contributed by atoms with E-state index in [0.717, 1.165) is 12.8 Å². The van der Waals surface area contributed by atoms with Gasteiger partial charge in [-0.05, 0) is 31.0 Å². The highest BCUT2D eigenvalue weighted by Crippen LogP contribution is 2.22. The van der Waals surface area contributed by atoms with Crippen LogP contribution in [0.25, 0.3) is 0 Å². The highest BCUT2D eigenvalue weighted by molar-refractivity contribution is 6.33. The fourth-order valence-electron chi connectivity index (χ4n) is 2.02. The highest BCUT2D eigenvalue weighted by Gasteiger charge is 2.20. The summed E-state index contributed by atoms with van der Waals surface area (Å²) < 4.78 is 0. The van der Waals surface area contributed by atoms with Gasteiger partial charge in [0.15, 0.2) is 0 Å². The van der Waals surface area contributed by atoms with Crippen molar-refractivity contribution >= 4 is 34.8 Å². The molecule has 102 valence electrons. The Balaban J connectivity index is 1.93. The lowest BCUT2D eigenvalue weighted by molar-refractivity contribution is -0.136. The molecule has 0 bridgehead atoms. The lowest BCUT2D eigenvalue weighted by Gasteiger charge is -2.25. The van der Waals surface area contributed by atoms with Crippen LogP contribution in [0.15, 0.2) is 18.2 Å². The number of halogens is 1. The van der Waals surface area contributed by atoms with Crippen LogP contribution in [0.2, 0.25) is 5.02 Å². The van der Waals surface area contributed by atoms with Gasteiger partial charge in [-0.2, -0.15) is 0 Å². The second-order valence-corrected chi connectivity index (χ2v) is 4.96. The van der Waals surface area contributed by atoms with Crippen molar-refractivity contribution in [2.75, 3.05) is 24.1 Å². The Morgan fingerprint density at radius 3 is 2.89 bits per heavy atom. The number of nitrogens with one attached hydrogen (secondary N) is 1. The molecule has 2 amide bonds. The van der Waals surface area contributed by atoms with Crippen molar-refractivity contribution in [3.05, 3.63) is 23.2 Å². The summed E-state index contributed by atoms with van der Waals surface area (Å²) in [6, 6.07) is 4.89. The minimum absolute atomic E-state index is 0.0389. The monoisotopic (exact) mass is 281 g/mol. The number of nitrogens with zero attached hydrogens (tertiary/aromatic N) is 1. The SMILES string of the molecule is Nc1cc(NC(=O)CN2CCCCC2=O)ccc1Cl. The van der Waals surface area contributed by atoms with Crippen molar-refractivity contribution in [1.82, 2.24) is 4.90 Å². The first kappa shape index (κ1) is 13.7. The second-order valence-electron chi connectivity index (χ2n) is 4.56. The lowest BCUT2D eigenvalue weighted by Crippen LogP contribution is -2.40. The third kappa shape index (κ3) is 3.61. The number of likely N-dealkylation sites (tertiary alicyclic amines) is 1. The molecule has 3 N–H and O–H groups in total. The van der Waals surface area contributed by atoms with E-state index in [9.17, 15) is 9.59 Å². The normalized spacial score (nSPS) is 15.4. The Morgan fingerprint density at radius 2 is 2.21 bits per heavy atom. The van der Waals surface area contributed by atoms with E-state index in [2.05, 4.69) is 5.32 Å². The van der Waals surface area contributed by atoms with Gasteiger partial charge in [-0.25, -0.2) is 0 Å². The summed E-state index contributed by atoms with van der Waals surface area (Å²) in [5, 5.41) is 3.15. The van der Waals surface area contributed by atoms with Gasteiger partial charge in [0.05, 0.1) is 17.3 Å². The number of piperidine rings is 1. The van der Waals surface area contributed by atoms with Gasteiger partial charge in [0.1, 0.15) is 0 Å². The van der Waals surface area contributed by atoms with E-state index in [1.54, 1.807) is 23.1 Å². The van der Waals surface area contributed by atoms with E-state index in [4.69, 9.17) is 17.3 Å². The molecule has 0 atom stereocenters. The average Bonchev–Trinajstić information content (AvgIpc) is 2.37. The van der Waals surface area contributed by atoms with Crippen LogP contribution >= 0.6 is 11.6 Å². The van der Waals surface area contributed by atoms with E-state index in [-0.39, 0.29) is 18.4 Å². The van der Waals surface area contributed by atoms with Crippen molar-refractivity contribution < 1.29 is 9.59 Å². The summed E-state index contributed by atoms with van der Waals surface area (Å²) in [6.07, 6.45) is 2.39. The number of rotatable bonds is 3. The molecule has 0 aliphatic carbocycles. The van der Waals surface area contributed by atoms with Gasteiger partial charge in [-0.1, -0.05) is 11.6 Å². The molecule has 1 aromatic carbocycles. The molecule has 1 aliphatic rings. The van der Waals surface area contributed by atoms with E-state index in [1.165, 1.54) is 0 Å². The van der Waals surface area contributed by atoms with Crippen molar-refractivity contribution in [3.63, 3.8) is 0 Å². The molecule has 0 aromatic heterocycles. The predicted molar refractivity (Wildman–Crippen MR) is 74.9 cm³/mol. The zero-order valence-corrected chi connectivity index (χ0v) is 11.2. The number of nitrogen functional groups attached to an aromatic ring is 1. The number of carbonyl (C=O) groups excluding carboxylic acids is 2. The number of anilines is 2. The van der Waals surface area contributed by atoms with E-state index in [1.807, 2.05) is 0 Å². The van der Waals surface area contributed by atoms with E-state index < -0.39 is 0 Å². The van der Waals surface area contributed by atoms with Gasteiger partial charge in [-0.15, -0.1) is 0 Å². The Morgan fingerprint density at radius 1 is 1.42 bits per heavy atom. The Labute approximate surface area is 116 Å². The zero-order chi connectivity index (χ0) is 13.8. The third-order valence-corrected chi connectivity index (χ3v) is 3.38. The number of benzene rings is 1. The molecular formula is C13H16ClN3O2. The topological polar surface area (TPSA) is 75.4 Å². The molecule has 0 unspecified atom stereocenters. The first-order chi connectivity index (χ1) is 9.06. The van der Waals surface area contributed by atoms with Crippen LogP contribution in [-0.2, 0) is 9.59 Å². The fourth-order valence-corrected chi connectivity index (χ4v) is 2.14. The van der Waals surface area contributed by atoms with Crippen molar-refractivity contribution in [2.24, 2.45) is 0 Å². The number of nitrogens with two attached hydrogens (primary N) is 1. The standard InChI is InChI=1S/C13H16ClN3O2/c14-10-5-4-9(7-11(10)15)16-12(18)8-17-6-2-1-3-13(17)19/h4-5,7H,1-3,6,8,15H2,(H,16,18). The van der Waals surface area contributed by atoms with Crippen LogP contribution in [-0.4, -0.2) is 29.8 Å². The number of hydrogen-bond donors (Lipinski definition) is 2. The molecule has 1 aliphatic heterocycles. The smallest absolute Gasteiger partial charge is 0.243 e. The van der Waals surface area contributed by atoms with Gasteiger partial charge in [0.2, 0.25) is 11.8 Å². The average molecular weight is 282 g/mol. The molecule has 0 saturated carbocycles. The van der Waals surface area contributed by atoms with Crippen LogP contribution in [0.3, 0.4) is 0 Å². The quantitative estimate of drug-likeness (QED) is 0.831. The minimum Gasteiger partial charge on any atom is -0.397 e. The maximum absolute atomic E-state index is 11.8. The van der Waals surface area contributed by atoms with Gasteiger partial charge < -0.3 is 16.0 Å². The van der Waals surface area contributed by atoms with Crippen molar-refractivity contribution in [1.29, 1.82) is 0 Å². The van der Waals surface area contributed by atoms with Crippen LogP contribution < -0.4 is 11.1 Å².